The molecule has 0 saturated heterocycles. The van der Waals surface area contributed by atoms with Crippen LogP contribution in [0.2, 0.25) is 5.02 Å². The Labute approximate surface area is 216 Å². The van der Waals surface area contributed by atoms with Crippen LogP contribution in [-0.4, -0.2) is 40.2 Å². The van der Waals surface area contributed by atoms with E-state index in [9.17, 15) is 22.7 Å². The van der Waals surface area contributed by atoms with Crippen LogP contribution in [0.15, 0.2) is 67.3 Å². The molecule has 37 heavy (non-hydrogen) atoms. The maximum atomic E-state index is 13.4. The van der Waals surface area contributed by atoms with E-state index in [0.717, 1.165) is 12.5 Å². The van der Waals surface area contributed by atoms with Gasteiger partial charge < -0.3 is 15.2 Å². The molecule has 0 spiro atoms. The third-order valence-corrected chi connectivity index (χ3v) is 5.74. The average molecular weight is 546 g/mol. The van der Waals surface area contributed by atoms with Crippen molar-refractivity contribution in [3.05, 3.63) is 94.9 Å². The molecule has 0 aliphatic heterocycles. The van der Waals surface area contributed by atoms with Crippen molar-refractivity contribution < 1.29 is 27.4 Å². The highest BCUT2D eigenvalue weighted by Gasteiger charge is 2.17. The van der Waals surface area contributed by atoms with E-state index >= 15 is 0 Å². The molecule has 0 radical (unpaired) electrons. The summed E-state index contributed by atoms with van der Waals surface area (Å²) in [4.78, 5) is 21.1. The number of amides is 1. The van der Waals surface area contributed by atoms with E-state index in [1.165, 1.54) is 53.5 Å². The van der Waals surface area contributed by atoms with E-state index in [-0.39, 0.29) is 28.6 Å². The number of anilines is 2. The molecular formula is C24H21ClFN5O5S. The van der Waals surface area contributed by atoms with Crippen molar-refractivity contribution in [2.45, 2.75) is 13.2 Å². The molecule has 1 amide bonds. The molecule has 0 fully saturated rings. The number of carbonyl (C=O) groups is 1. The number of pyridine rings is 2. The van der Waals surface area contributed by atoms with E-state index in [1.54, 1.807) is 12.1 Å². The maximum absolute atomic E-state index is 13.4. The number of ether oxygens (including phenoxy) is 1. The summed E-state index contributed by atoms with van der Waals surface area (Å²) >= 11 is 6.07. The topological polar surface area (TPSA) is 135 Å². The highest BCUT2D eigenvalue weighted by molar-refractivity contribution is 7.92. The molecule has 0 atom stereocenters. The zero-order valence-corrected chi connectivity index (χ0v) is 20.9. The lowest BCUT2D eigenvalue weighted by atomic mass is 10.2. The van der Waals surface area contributed by atoms with Crippen molar-refractivity contribution in [3.63, 3.8) is 0 Å². The maximum Gasteiger partial charge on any atom is 0.257 e. The van der Waals surface area contributed by atoms with Crippen molar-refractivity contribution in [2.24, 2.45) is 0 Å². The lowest BCUT2D eigenvalue weighted by Crippen LogP contribution is -2.13. The zero-order valence-electron chi connectivity index (χ0n) is 19.4. The molecule has 4 rings (SSSR count). The van der Waals surface area contributed by atoms with E-state index in [2.05, 4.69) is 20.0 Å². The van der Waals surface area contributed by atoms with Gasteiger partial charge in [-0.2, -0.15) is 0 Å². The third-order valence-electron chi connectivity index (χ3n) is 4.92. The van der Waals surface area contributed by atoms with Gasteiger partial charge >= 0.3 is 0 Å². The number of carbonyl (C=O) groups excluding carboxylic acids is 1. The van der Waals surface area contributed by atoms with Crippen molar-refractivity contribution in [3.8, 4) is 11.6 Å². The van der Waals surface area contributed by atoms with Crippen LogP contribution in [0.4, 0.5) is 15.8 Å². The standard InChI is InChI=1S/C24H21ClFN5O5S/c1-37(34,35)30-20-8-17(25)7-19(9-20)29-24(33)16-6-21(13-32)31(12-16)23-22(3-2-4-28-23)36-14-15-5-18(26)11-27-10-15/h2-12,30,32H,13-14H2,1H3,(H,29,33). The number of aliphatic hydroxyl groups is 1. The van der Waals surface area contributed by atoms with Crippen molar-refractivity contribution in [1.82, 2.24) is 14.5 Å². The van der Waals surface area contributed by atoms with E-state index in [0.29, 0.717) is 22.8 Å². The number of halogens is 2. The molecule has 3 aromatic heterocycles. The van der Waals surface area contributed by atoms with Gasteiger partial charge in [-0.1, -0.05) is 11.6 Å². The first-order valence-electron chi connectivity index (χ1n) is 10.7. The first-order valence-corrected chi connectivity index (χ1v) is 13.0. The molecule has 1 aromatic carbocycles. The molecule has 13 heteroatoms. The summed E-state index contributed by atoms with van der Waals surface area (Å²) in [5.74, 6) is -0.395. The Morgan fingerprint density at radius 1 is 1.19 bits per heavy atom. The summed E-state index contributed by atoms with van der Waals surface area (Å²) in [5.41, 5.74) is 1.49. The first kappa shape index (κ1) is 26.1. The second-order valence-electron chi connectivity index (χ2n) is 7.93. The Morgan fingerprint density at radius 2 is 1.97 bits per heavy atom. The molecule has 10 nitrogen and oxygen atoms in total. The minimum absolute atomic E-state index is 0.0190. The van der Waals surface area contributed by atoms with Crippen LogP contribution in [0.3, 0.4) is 0 Å². The van der Waals surface area contributed by atoms with Crippen LogP contribution in [0, 0.1) is 5.82 Å². The Morgan fingerprint density at radius 3 is 2.70 bits per heavy atom. The number of rotatable bonds is 9. The Kier molecular flexibility index (Phi) is 7.71. The molecule has 192 valence electrons. The van der Waals surface area contributed by atoms with Crippen molar-refractivity contribution in [2.75, 3.05) is 16.3 Å². The number of aromatic nitrogens is 3. The van der Waals surface area contributed by atoms with Crippen LogP contribution < -0.4 is 14.8 Å². The van der Waals surface area contributed by atoms with Gasteiger partial charge in [0.15, 0.2) is 11.6 Å². The molecule has 0 unspecified atom stereocenters. The summed E-state index contributed by atoms with van der Waals surface area (Å²) in [6.45, 7) is -0.387. The molecule has 3 N–H and O–H groups in total. The highest BCUT2D eigenvalue weighted by Crippen LogP contribution is 2.27. The van der Waals surface area contributed by atoms with Gasteiger partial charge in [-0.3, -0.25) is 19.1 Å². The number of benzene rings is 1. The summed E-state index contributed by atoms with van der Waals surface area (Å²) in [5, 5.41) is 12.8. The summed E-state index contributed by atoms with van der Waals surface area (Å²) in [6, 6.07) is 10.4. The van der Waals surface area contributed by atoms with Crippen LogP contribution in [-0.2, 0) is 23.2 Å². The summed E-state index contributed by atoms with van der Waals surface area (Å²) in [6.07, 6.45) is 6.56. The molecule has 4 aromatic rings. The third kappa shape index (κ3) is 6.82. The second-order valence-corrected chi connectivity index (χ2v) is 10.1. The molecule has 0 saturated carbocycles. The number of nitrogens with one attached hydrogen (secondary N) is 2. The van der Waals surface area contributed by atoms with Crippen molar-refractivity contribution in [1.29, 1.82) is 0 Å². The predicted molar refractivity (Wildman–Crippen MR) is 136 cm³/mol. The van der Waals surface area contributed by atoms with Gasteiger partial charge in [-0.25, -0.2) is 17.8 Å². The number of hydrogen-bond donors (Lipinski definition) is 3. The highest BCUT2D eigenvalue weighted by atomic mass is 35.5. The van der Waals surface area contributed by atoms with Crippen LogP contribution in [0.1, 0.15) is 21.6 Å². The smallest absolute Gasteiger partial charge is 0.257 e. The molecule has 0 aliphatic rings. The van der Waals surface area contributed by atoms with Crippen molar-refractivity contribution >= 4 is 38.9 Å². The van der Waals surface area contributed by atoms with Gasteiger partial charge in [-0.15, -0.1) is 0 Å². The summed E-state index contributed by atoms with van der Waals surface area (Å²) < 4.78 is 46.2. The van der Waals surface area contributed by atoms with Crippen LogP contribution in [0.5, 0.6) is 5.75 Å². The minimum Gasteiger partial charge on any atom is -0.485 e. The fraction of sp³-hybridized carbons (Fsp3) is 0.125. The first-order chi connectivity index (χ1) is 17.6. The number of sulfonamides is 1. The second kappa shape index (κ2) is 10.9. The van der Waals surface area contributed by atoms with Crippen LogP contribution in [0.25, 0.3) is 5.82 Å². The van der Waals surface area contributed by atoms with Gasteiger partial charge in [-0.05, 0) is 42.5 Å². The lowest BCUT2D eigenvalue weighted by molar-refractivity contribution is 0.102. The van der Waals surface area contributed by atoms with Gasteiger partial charge in [0.1, 0.15) is 12.4 Å². The predicted octanol–water partition coefficient (Wildman–Crippen LogP) is 3.75. The number of nitrogens with zero attached hydrogens (tertiary/aromatic N) is 3. The molecule has 0 aliphatic carbocycles. The lowest BCUT2D eigenvalue weighted by Gasteiger charge is -2.13. The van der Waals surface area contributed by atoms with Gasteiger partial charge in [0, 0.05) is 34.9 Å². The van der Waals surface area contributed by atoms with E-state index in [4.69, 9.17) is 16.3 Å². The molecular weight excluding hydrogens is 525 g/mol. The van der Waals surface area contributed by atoms with E-state index < -0.39 is 28.4 Å². The van der Waals surface area contributed by atoms with Crippen LogP contribution >= 0.6 is 11.6 Å². The monoisotopic (exact) mass is 545 g/mol. The SMILES string of the molecule is CS(=O)(=O)Nc1cc(Cl)cc(NC(=O)c2cc(CO)n(-c3ncccc3OCc3cncc(F)c3)c2)c1. The normalized spacial score (nSPS) is 11.2. The fourth-order valence-corrected chi connectivity index (χ4v) is 4.24. The van der Waals surface area contributed by atoms with E-state index in [1.807, 2.05) is 0 Å². The largest absolute Gasteiger partial charge is 0.485 e. The number of hydrogen-bond acceptors (Lipinski definition) is 7. The quantitative estimate of drug-likeness (QED) is 0.291. The zero-order chi connectivity index (χ0) is 26.6. The summed E-state index contributed by atoms with van der Waals surface area (Å²) in [7, 11) is -3.55. The minimum atomic E-state index is -3.55. The van der Waals surface area contributed by atoms with Gasteiger partial charge in [0.2, 0.25) is 10.0 Å². The molecule has 0 bridgehead atoms. The van der Waals surface area contributed by atoms with Gasteiger partial charge in [0.05, 0.1) is 36.0 Å². The molecule has 3 heterocycles. The fourth-order valence-electron chi connectivity index (χ4n) is 3.46. The Hall–Kier alpha value is -4.00. The Balaban J connectivity index is 1.58. The average Bonchev–Trinajstić information content (AvgIpc) is 3.26. The van der Waals surface area contributed by atoms with Gasteiger partial charge in [0.25, 0.3) is 5.91 Å². The Bertz CT molecular complexity index is 1560. The number of aliphatic hydroxyl groups excluding tert-OH is 1.